The highest BCUT2D eigenvalue weighted by molar-refractivity contribution is 6.31. The topological polar surface area (TPSA) is 46.2 Å². The normalized spacial score (nSPS) is 12.9. The van der Waals surface area contributed by atoms with E-state index in [0.29, 0.717) is 11.6 Å². The lowest BCUT2D eigenvalue weighted by Crippen LogP contribution is -2.09. The fraction of sp³-hybridized carbons (Fsp3) is 0.400. The molecule has 1 aromatic carbocycles. The minimum atomic E-state index is 0.0908. The highest BCUT2D eigenvalue weighted by Gasteiger charge is 2.13. The van der Waals surface area contributed by atoms with Gasteiger partial charge in [-0.05, 0) is 37.1 Å². The highest BCUT2D eigenvalue weighted by atomic mass is 35.5. The molecule has 0 heterocycles. The first kappa shape index (κ1) is 10.4. The van der Waals surface area contributed by atoms with Gasteiger partial charge in [0.15, 0.2) is 0 Å². The standard InChI is InChI=1S/C10H14ClNO/c1-6-3-8(11)10(7(2)5-12)9(13)4-6/h3-4,7,13H,5,12H2,1-2H3. The van der Waals surface area contributed by atoms with Crippen LogP contribution in [-0.4, -0.2) is 11.7 Å². The molecule has 0 saturated carbocycles. The van der Waals surface area contributed by atoms with Gasteiger partial charge in [0.05, 0.1) is 0 Å². The molecule has 0 aromatic heterocycles. The molecule has 1 rings (SSSR count). The molecular weight excluding hydrogens is 186 g/mol. The van der Waals surface area contributed by atoms with Crippen LogP contribution in [0.15, 0.2) is 12.1 Å². The van der Waals surface area contributed by atoms with E-state index in [-0.39, 0.29) is 11.7 Å². The number of hydrogen-bond acceptors (Lipinski definition) is 2. The van der Waals surface area contributed by atoms with E-state index in [1.165, 1.54) is 0 Å². The second-order valence-corrected chi connectivity index (χ2v) is 3.72. The van der Waals surface area contributed by atoms with Crippen molar-refractivity contribution in [3.8, 4) is 5.75 Å². The van der Waals surface area contributed by atoms with Gasteiger partial charge in [0.25, 0.3) is 0 Å². The molecule has 1 atom stereocenters. The molecule has 3 heteroatoms. The van der Waals surface area contributed by atoms with E-state index in [4.69, 9.17) is 17.3 Å². The minimum absolute atomic E-state index is 0.0908. The largest absolute Gasteiger partial charge is 0.508 e. The van der Waals surface area contributed by atoms with Crippen molar-refractivity contribution in [2.45, 2.75) is 19.8 Å². The molecule has 1 unspecified atom stereocenters. The molecular formula is C10H14ClNO. The molecule has 0 aliphatic rings. The summed E-state index contributed by atoms with van der Waals surface area (Å²) < 4.78 is 0. The molecule has 0 aliphatic carbocycles. The Morgan fingerprint density at radius 3 is 2.62 bits per heavy atom. The molecule has 0 fully saturated rings. The lowest BCUT2D eigenvalue weighted by Gasteiger charge is -2.13. The monoisotopic (exact) mass is 199 g/mol. The van der Waals surface area contributed by atoms with Crippen LogP contribution in [-0.2, 0) is 0 Å². The predicted octanol–water partition coefficient (Wildman–Crippen LogP) is 2.42. The van der Waals surface area contributed by atoms with Gasteiger partial charge in [0, 0.05) is 10.6 Å². The summed E-state index contributed by atoms with van der Waals surface area (Å²) in [5.74, 6) is 0.330. The van der Waals surface area contributed by atoms with Gasteiger partial charge in [-0.15, -0.1) is 0 Å². The Balaban J connectivity index is 3.20. The van der Waals surface area contributed by atoms with Crippen LogP contribution in [0.2, 0.25) is 5.02 Å². The van der Waals surface area contributed by atoms with Crippen molar-refractivity contribution in [2.75, 3.05) is 6.54 Å². The molecule has 0 radical (unpaired) electrons. The van der Waals surface area contributed by atoms with E-state index in [2.05, 4.69) is 0 Å². The summed E-state index contributed by atoms with van der Waals surface area (Å²) in [4.78, 5) is 0. The van der Waals surface area contributed by atoms with Crippen molar-refractivity contribution in [3.63, 3.8) is 0 Å². The third-order valence-electron chi connectivity index (χ3n) is 2.10. The third kappa shape index (κ3) is 2.14. The van der Waals surface area contributed by atoms with Gasteiger partial charge in [-0.1, -0.05) is 18.5 Å². The van der Waals surface area contributed by atoms with Crippen molar-refractivity contribution >= 4 is 11.6 Å². The fourth-order valence-electron chi connectivity index (χ4n) is 1.34. The smallest absolute Gasteiger partial charge is 0.120 e. The van der Waals surface area contributed by atoms with Gasteiger partial charge in [-0.2, -0.15) is 0 Å². The quantitative estimate of drug-likeness (QED) is 0.769. The molecule has 0 spiro atoms. The SMILES string of the molecule is Cc1cc(O)c(C(C)CN)c(Cl)c1. The number of nitrogens with two attached hydrogens (primary N) is 1. The van der Waals surface area contributed by atoms with E-state index < -0.39 is 0 Å². The summed E-state index contributed by atoms with van der Waals surface area (Å²) >= 11 is 5.99. The van der Waals surface area contributed by atoms with Gasteiger partial charge in [-0.3, -0.25) is 0 Å². The first-order valence-electron chi connectivity index (χ1n) is 4.25. The number of hydrogen-bond donors (Lipinski definition) is 2. The zero-order valence-corrected chi connectivity index (χ0v) is 8.60. The van der Waals surface area contributed by atoms with Crippen LogP contribution in [0.4, 0.5) is 0 Å². The molecule has 0 aliphatic heterocycles. The first-order valence-corrected chi connectivity index (χ1v) is 4.63. The summed E-state index contributed by atoms with van der Waals surface area (Å²) in [6.45, 7) is 4.31. The molecule has 72 valence electrons. The zero-order valence-electron chi connectivity index (χ0n) is 7.84. The summed E-state index contributed by atoms with van der Waals surface area (Å²) in [5, 5.41) is 10.2. The Kier molecular flexibility index (Phi) is 3.17. The van der Waals surface area contributed by atoms with Crippen molar-refractivity contribution in [3.05, 3.63) is 28.3 Å². The van der Waals surface area contributed by atoms with E-state index >= 15 is 0 Å². The number of phenols is 1. The van der Waals surface area contributed by atoms with Gasteiger partial charge in [0.2, 0.25) is 0 Å². The van der Waals surface area contributed by atoms with Gasteiger partial charge in [-0.25, -0.2) is 0 Å². The number of halogens is 1. The van der Waals surface area contributed by atoms with E-state index in [1.54, 1.807) is 6.07 Å². The maximum atomic E-state index is 9.63. The average Bonchev–Trinajstić information content (AvgIpc) is 2.02. The van der Waals surface area contributed by atoms with Crippen molar-refractivity contribution in [2.24, 2.45) is 5.73 Å². The molecule has 0 bridgehead atoms. The Morgan fingerprint density at radius 2 is 2.15 bits per heavy atom. The summed E-state index contributed by atoms with van der Waals surface area (Å²) in [6, 6.07) is 3.54. The average molecular weight is 200 g/mol. The predicted molar refractivity (Wildman–Crippen MR) is 55.3 cm³/mol. The zero-order chi connectivity index (χ0) is 10.0. The highest BCUT2D eigenvalue weighted by Crippen LogP contribution is 2.33. The van der Waals surface area contributed by atoms with Crippen molar-refractivity contribution in [1.82, 2.24) is 0 Å². The molecule has 13 heavy (non-hydrogen) atoms. The number of aromatic hydroxyl groups is 1. The molecule has 2 nitrogen and oxygen atoms in total. The van der Waals surface area contributed by atoms with Crippen molar-refractivity contribution in [1.29, 1.82) is 0 Å². The lowest BCUT2D eigenvalue weighted by atomic mass is 9.99. The van der Waals surface area contributed by atoms with Crippen LogP contribution in [0.1, 0.15) is 24.0 Å². The van der Waals surface area contributed by atoms with E-state index in [9.17, 15) is 5.11 Å². The number of aryl methyl sites for hydroxylation is 1. The number of benzene rings is 1. The second kappa shape index (κ2) is 3.99. The number of phenolic OH excluding ortho intramolecular Hbond substituents is 1. The number of rotatable bonds is 2. The van der Waals surface area contributed by atoms with Crippen LogP contribution < -0.4 is 5.73 Å². The summed E-state index contributed by atoms with van der Waals surface area (Å²) in [5.41, 5.74) is 7.21. The van der Waals surface area contributed by atoms with E-state index in [1.807, 2.05) is 19.9 Å². The minimum Gasteiger partial charge on any atom is -0.508 e. The Labute approximate surface area is 83.3 Å². The van der Waals surface area contributed by atoms with Gasteiger partial charge >= 0.3 is 0 Å². The second-order valence-electron chi connectivity index (χ2n) is 3.32. The van der Waals surface area contributed by atoms with Crippen LogP contribution in [0.3, 0.4) is 0 Å². The maximum Gasteiger partial charge on any atom is 0.120 e. The van der Waals surface area contributed by atoms with Crippen LogP contribution >= 0.6 is 11.6 Å². The third-order valence-corrected chi connectivity index (χ3v) is 2.41. The maximum absolute atomic E-state index is 9.63. The van der Waals surface area contributed by atoms with Gasteiger partial charge < -0.3 is 10.8 Å². The fourth-order valence-corrected chi connectivity index (χ4v) is 1.80. The summed E-state index contributed by atoms with van der Waals surface area (Å²) in [7, 11) is 0. The molecule has 1 aromatic rings. The van der Waals surface area contributed by atoms with Crippen LogP contribution in [0, 0.1) is 6.92 Å². The van der Waals surface area contributed by atoms with Crippen molar-refractivity contribution < 1.29 is 5.11 Å². The van der Waals surface area contributed by atoms with Gasteiger partial charge in [0.1, 0.15) is 5.75 Å². The lowest BCUT2D eigenvalue weighted by molar-refractivity contribution is 0.463. The Morgan fingerprint density at radius 1 is 1.54 bits per heavy atom. The Hall–Kier alpha value is -0.730. The van der Waals surface area contributed by atoms with Crippen LogP contribution in [0.25, 0.3) is 0 Å². The summed E-state index contributed by atoms with van der Waals surface area (Å²) in [6.07, 6.45) is 0. The first-order chi connectivity index (χ1) is 6.06. The molecule has 3 N–H and O–H groups in total. The molecule has 0 amide bonds. The molecule has 0 saturated heterocycles. The van der Waals surface area contributed by atoms with Crippen LogP contribution in [0.5, 0.6) is 5.75 Å². The Bertz CT molecular complexity index is 289. The van der Waals surface area contributed by atoms with E-state index in [0.717, 1.165) is 11.1 Å².